The smallest absolute Gasteiger partial charge is 0.141 e. The van der Waals surface area contributed by atoms with Gasteiger partial charge in [-0.1, -0.05) is 0 Å². The SMILES string of the molecule is NC1C2CCC(C2)C1C(=O)C1CCOC2(CCSC2)C1. The molecule has 1 spiro atoms. The Morgan fingerprint density at radius 3 is 2.80 bits per heavy atom. The van der Waals surface area contributed by atoms with Crippen LogP contribution in [-0.4, -0.2) is 35.5 Å². The van der Waals surface area contributed by atoms with Gasteiger partial charge >= 0.3 is 0 Å². The third-order valence-electron chi connectivity index (χ3n) is 6.27. The van der Waals surface area contributed by atoms with E-state index in [0.717, 1.165) is 31.6 Å². The molecule has 0 amide bonds. The molecule has 2 aliphatic carbocycles. The van der Waals surface area contributed by atoms with Gasteiger partial charge in [-0.15, -0.1) is 0 Å². The number of rotatable bonds is 2. The van der Waals surface area contributed by atoms with E-state index in [4.69, 9.17) is 10.5 Å². The van der Waals surface area contributed by atoms with Crippen molar-refractivity contribution in [2.75, 3.05) is 18.1 Å². The Labute approximate surface area is 125 Å². The molecular weight excluding hydrogens is 270 g/mol. The van der Waals surface area contributed by atoms with E-state index >= 15 is 0 Å². The summed E-state index contributed by atoms with van der Waals surface area (Å²) in [6.45, 7) is 0.771. The van der Waals surface area contributed by atoms with E-state index in [0.29, 0.717) is 17.6 Å². The summed E-state index contributed by atoms with van der Waals surface area (Å²) in [5.74, 6) is 4.38. The van der Waals surface area contributed by atoms with E-state index in [9.17, 15) is 4.79 Å². The lowest BCUT2D eigenvalue weighted by Gasteiger charge is -2.39. The number of hydrogen-bond donors (Lipinski definition) is 1. The number of carbonyl (C=O) groups is 1. The van der Waals surface area contributed by atoms with Crippen LogP contribution in [0.2, 0.25) is 0 Å². The second-order valence-corrected chi connectivity index (χ2v) is 8.47. The Morgan fingerprint density at radius 1 is 1.25 bits per heavy atom. The van der Waals surface area contributed by atoms with Crippen molar-refractivity contribution in [2.45, 2.75) is 50.2 Å². The van der Waals surface area contributed by atoms with E-state index in [1.165, 1.54) is 25.0 Å². The van der Waals surface area contributed by atoms with Crippen LogP contribution in [0.15, 0.2) is 0 Å². The number of nitrogens with two attached hydrogens (primary N) is 1. The summed E-state index contributed by atoms with van der Waals surface area (Å²) >= 11 is 1.98. The molecule has 3 nitrogen and oxygen atoms in total. The first kappa shape index (κ1) is 13.6. The summed E-state index contributed by atoms with van der Waals surface area (Å²) in [6.07, 6.45) is 6.71. The maximum absolute atomic E-state index is 13.0. The Bertz CT molecular complexity index is 405. The first-order chi connectivity index (χ1) is 9.69. The fraction of sp³-hybridized carbons (Fsp3) is 0.938. The molecule has 0 aromatic heterocycles. The number of ketones is 1. The summed E-state index contributed by atoms with van der Waals surface area (Å²) in [6, 6.07) is 0.151. The van der Waals surface area contributed by atoms with Crippen LogP contribution in [-0.2, 0) is 9.53 Å². The van der Waals surface area contributed by atoms with Crippen LogP contribution in [0.1, 0.15) is 38.5 Å². The molecule has 2 saturated heterocycles. The molecule has 6 unspecified atom stereocenters. The Hall–Kier alpha value is -0.0600. The van der Waals surface area contributed by atoms with Crippen molar-refractivity contribution in [3.63, 3.8) is 0 Å². The lowest BCUT2D eigenvalue weighted by Crippen LogP contribution is -2.47. The first-order valence-electron chi connectivity index (χ1n) is 8.20. The monoisotopic (exact) mass is 295 g/mol. The molecule has 2 heterocycles. The molecule has 2 aliphatic heterocycles. The minimum Gasteiger partial charge on any atom is -0.374 e. The number of thioether (sulfide) groups is 1. The summed E-state index contributed by atoms with van der Waals surface area (Å²) in [4.78, 5) is 13.0. The van der Waals surface area contributed by atoms with E-state index in [2.05, 4.69) is 0 Å². The molecular formula is C16H25NO2S. The van der Waals surface area contributed by atoms with Gasteiger partial charge in [0.2, 0.25) is 0 Å². The highest BCUT2D eigenvalue weighted by Gasteiger charge is 2.52. The molecule has 6 atom stereocenters. The Morgan fingerprint density at radius 2 is 2.10 bits per heavy atom. The number of fused-ring (bicyclic) bond motifs is 2. The molecule has 2 saturated carbocycles. The fourth-order valence-corrected chi connectivity index (χ4v) is 6.54. The molecule has 0 radical (unpaired) electrons. The van der Waals surface area contributed by atoms with E-state index in [1.807, 2.05) is 11.8 Å². The lowest BCUT2D eigenvalue weighted by molar-refractivity contribution is -0.139. The maximum Gasteiger partial charge on any atom is 0.141 e. The maximum atomic E-state index is 13.0. The van der Waals surface area contributed by atoms with Crippen LogP contribution < -0.4 is 5.73 Å². The van der Waals surface area contributed by atoms with E-state index in [1.54, 1.807) is 0 Å². The van der Waals surface area contributed by atoms with Crippen LogP contribution in [0.25, 0.3) is 0 Å². The van der Waals surface area contributed by atoms with Gasteiger partial charge in [-0.25, -0.2) is 0 Å². The zero-order chi connectivity index (χ0) is 13.7. The normalized spacial score (nSPS) is 51.0. The van der Waals surface area contributed by atoms with Gasteiger partial charge < -0.3 is 10.5 Å². The van der Waals surface area contributed by atoms with Crippen molar-refractivity contribution in [3.8, 4) is 0 Å². The van der Waals surface area contributed by atoms with Gasteiger partial charge in [0.25, 0.3) is 0 Å². The molecule has 2 N–H and O–H groups in total. The van der Waals surface area contributed by atoms with E-state index in [-0.39, 0.29) is 23.5 Å². The largest absolute Gasteiger partial charge is 0.374 e. The molecule has 2 bridgehead atoms. The van der Waals surface area contributed by atoms with Gasteiger partial charge in [-0.05, 0) is 56.1 Å². The lowest BCUT2D eigenvalue weighted by atomic mass is 9.73. The minimum atomic E-state index is 0.0188. The van der Waals surface area contributed by atoms with Gasteiger partial charge in [0.1, 0.15) is 5.78 Å². The average molecular weight is 295 g/mol. The third kappa shape index (κ3) is 2.06. The van der Waals surface area contributed by atoms with Crippen molar-refractivity contribution in [1.29, 1.82) is 0 Å². The Balaban J connectivity index is 1.48. The van der Waals surface area contributed by atoms with Crippen molar-refractivity contribution in [1.82, 2.24) is 0 Å². The summed E-state index contributed by atoms with van der Waals surface area (Å²) in [5, 5.41) is 0. The highest BCUT2D eigenvalue weighted by Crippen LogP contribution is 2.50. The minimum absolute atomic E-state index is 0.0188. The predicted octanol–water partition coefficient (Wildman–Crippen LogP) is 2.23. The van der Waals surface area contributed by atoms with Gasteiger partial charge in [-0.3, -0.25) is 4.79 Å². The molecule has 4 fully saturated rings. The summed E-state index contributed by atoms with van der Waals surface area (Å²) in [5.41, 5.74) is 6.38. The standard InChI is InChI=1S/C16H25NO2S/c17-14-11-2-1-10(7-11)13(14)15(18)12-3-5-19-16(8-12)4-6-20-9-16/h10-14H,1-9,17H2. The molecule has 20 heavy (non-hydrogen) atoms. The Kier molecular flexibility index (Phi) is 3.39. The van der Waals surface area contributed by atoms with E-state index < -0.39 is 0 Å². The highest BCUT2D eigenvalue weighted by atomic mass is 32.2. The van der Waals surface area contributed by atoms with Crippen LogP contribution in [0.4, 0.5) is 0 Å². The van der Waals surface area contributed by atoms with Crippen molar-refractivity contribution >= 4 is 17.5 Å². The second kappa shape index (κ2) is 4.99. The first-order valence-corrected chi connectivity index (χ1v) is 9.35. The van der Waals surface area contributed by atoms with Crippen LogP contribution in [0, 0.1) is 23.7 Å². The average Bonchev–Trinajstić information content (AvgIpc) is 3.15. The highest BCUT2D eigenvalue weighted by molar-refractivity contribution is 7.99. The predicted molar refractivity (Wildman–Crippen MR) is 80.7 cm³/mol. The molecule has 0 aromatic rings. The van der Waals surface area contributed by atoms with Gasteiger partial charge in [-0.2, -0.15) is 11.8 Å². The molecule has 112 valence electrons. The summed E-state index contributed by atoms with van der Waals surface area (Å²) < 4.78 is 6.05. The zero-order valence-electron chi connectivity index (χ0n) is 12.1. The number of hydrogen-bond acceptors (Lipinski definition) is 4. The fourth-order valence-electron chi connectivity index (χ4n) is 5.16. The van der Waals surface area contributed by atoms with Gasteiger partial charge in [0, 0.05) is 30.2 Å². The van der Waals surface area contributed by atoms with Crippen LogP contribution in [0.5, 0.6) is 0 Å². The second-order valence-electron chi connectivity index (χ2n) is 7.36. The number of Topliss-reactive ketones (excluding diaryl/α,β-unsaturated/α-hetero) is 1. The zero-order valence-corrected chi connectivity index (χ0v) is 12.9. The molecule has 4 aliphatic rings. The van der Waals surface area contributed by atoms with Crippen molar-refractivity contribution in [2.24, 2.45) is 29.4 Å². The van der Waals surface area contributed by atoms with Crippen molar-refractivity contribution in [3.05, 3.63) is 0 Å². The molecule has 4 rings (SSSR count). The number of ether oxygens (including phenoxy) is 1. The quantitative estimate of drug-likeness (QED) is 0.849. The van der Waals surface area contributed by atoms with Crippen LogP contribution in [0.3, 0.4) is 0 Å². The number of carbonyl (C=O) groups excluding carboxylic acids is 1. The topological polar surface area (TPSA) is 52.3 Å². The van der Waals surface area contributed by atoms with Gasteiger partial charge in [0.15, 0.2) is 0 Å². The molecule has 4 heteroatoms. The third-order valence-corrected chi connectivity index (χ3v) is 7.49. The van der Waals surface area contributed by atoms with Gasteiger partial charge in [0.05, 0.1) is 5.60 Å². The van der Waals surface area contributed by atoms with Crippen LogP contribution >= 0.6 is 11.8 Å². The molecule has 0 aromatic carbocycles. The van der Waals surface area contributed by atoms with Crippen molar-refractivity contribution < 1.29 is 9.53 Å². The summed E-state index contributed by atoms with van der Waals surface area (Å²) in [7, 11) is 0.